The van der Waals surface area contributed by atoms with E-state index < -0.39 is 0 Å². The number of amides is 1. The normalized spacial score (nSPS) is 16.7. The van der Waals surface area contributed by atoms with Gasteiger partial charge in [0.05, 0.1) is 6.07 Å². The van der Waals surface area contributed by atoms with Gasteiger partial charge in [0.2, 0.25) is 5.76 Å². The van der Waals surface area contributed by atoms with Crippen molar-refractivity contribution >= 4 is 5.91 Å². The van der Waals surface area contributed by atoms with Crippen molar-refractivity contribution in [2.24, 2.45) is 5.92 Å². The van der Waals surface area contributed by atoms with Crippen molar-refractivity contribution in [1.82, 2.24) is 15.4 Å². The number of nitrogens with zero attached hydrogens (tertiary/aromatic N) is 2. The highest BCUT2D eigenvalue weighted by Gasteiger charge is 2.19. The SMILES string of the molecule is CN(CCC1CCNCC1)C(=O)c1cc(O)no1. The second-order valence-corrected chi connectivity index (χ2v) is 4.76. The van der Waals surface area contributed by atoms with Crippen LogP contribution in [0.1, 0.15) is 29.8 Å². The van der Waals surface area contributed by atoms with Gasteiger partial charge in [-0.15, -0.1) is 0 Å². The number of carbonyl (C=O) groups is 1. The molecule has 6 nitrogen and oxygen atoms in total. The second-order valence-electron chi connectivity index (χ2n) is 4.76. The Labute approximate surface area is 106 Å². The van der Waals surface area contributed by atoms with E-state index in [2.05, 4.69) is 10.5 Å². The summed E-state index contributed by atoms with van der Waals surface area (Å²) >= 11 is 0. The molecule has 1 saturated heterocycles. The van der Waals surface area contributed by atoms with E-state index in [0.29, 0.717) is 12.5 Å². The molecule has 2 N–H and O–H groups in total. The first-order chi connectivity index (χ1) is 8.66. The van der Waals surface area contributed by atoms with E-state index in [0.717, 1.165) is 19.5 Å². The van der Waals surface area contributed by atoms with E-state index in [9.17, 15) is 4.79 Å². The largest absolute Gasteiger partial charge is 0.491 e. The molecule has 0 aromatic carbocycles. The zero-order valence-electron chi connectivity index (χ0n) is 10.6. The zero-order valence-corrected chi connectivity index (χ0v) is 10.6. The molecule has 0 unspecified atom stereocenters. The fourth-order valence-corrected chi connectivity index (χ4v) is 2.20. The maximum Gasteiger partial charge on any atom is 0.292 e. The van der Waals surface area contributed by atoms with Crippen LogP contribution in [0.5, 0.6) is 5.88 Å². The van der Waals surface area contributed by atoms with Crippen molar-refractivity contribution in [3.63, 3.8) is 0 Å². The Bertz CT molecular complexity index is 399. The number of hydrogen-bond donors (Lipinski definition) is 2. The monoisotopic (exact) mass is 253 g/mol. The number of nitrogens with one attached hydrogen (secondary N) is 1. The molecule has 2 rings (SSSR count). The Morgan fingerprint density at radius 2 is 2.33 bits per heavy atom. The summed E-state index contributed by atoms with van der Waals surface area (Å²) in [5.74, 6) is 0.270. The molecule has 1 aliphatic rings. The quantitative estimate of drug-likeness (QED) is 0.831. The third-order valence-corrected chi connectivity index (χ3v) is 3.39. The first-order valence-corrected chi connectivity index (χ1v) is 6.28. The minimum Gasteiger partial charge on any atom is -0.491 e. The number of aromatic nitrogens is 1. The maximum atomic E-state index is 11.9. The van der Waals surface area contributed by atoms with Crippen molar-refractivity contribution in [2.45, 2.75) is 19.3 Å². The lowest BCUT2D eigenvalue weighted by atomic mass is 9.94. The van der Waals surface area contributed by atoms with Gasteiger partial charge in [0, 0.05) is 13.6 Å². The molecule has 6 heteroatoms. The van der Waals surface area contributed by atoms with Crippen LogP contribution in [0, 0.1) is 5.92 Å². The molecule has 18 heavy (non-hydrogen) atoms. The number of aromatic hydroxyl groups is 1. The smallest absolute Gasteiger partial charge is 0.292 e. The molecule has 0 aliphatic carbocycles. The minimum atomic E-state index is -0.259. The molecule has 1 aliphatic heterocycles. The summed E-state index contributed by atoms with van der Waals surface area (Å²) in [6.07, 6.45) is 3.35. The van der Waals surface area contributed by atoms with Crippen molar-refractivity contribution < 1.29 is 14.4 Å². The molecule has 1 aromatic heterocycles. The molecular formula is C12H19N3O3. The summed E-state index contributed by atoms with van der Waals surface area (Å²) in [4.78, 5) is 13.5. The summed E-state index contributed by atoms with van der Waals surface area (Å²) in [6, 6.07) is 1.24. The van der Waals surface area contributed by atoms with Crippen LogP contribution >= 0.6 is 0 Å². The number of hydrogen-bond acceptors (Lipinski definition) is 5. The summed E-state index contributed by atoms with van der Waals surface area (Å²) in [7, 11) is 1.74. The third-order valence-electron chi connectivity index (χ3n) is 3.39. The van der Waals surface area contributed by atoms with Crippen LogP contribution in [0.3, 0.4) is 0 Å². The van der Waals surface area contributed by atoms with Crippen LogP contribution in [-0.2, 0) is 0 Å². The van der Waals surface area contributed by atoms with Gasteiger partial charge in [0.15, 0.2) is 0 Å². The Kier molecular flexibility index (Phi) is 4.19. The second kappa shape index (κ2) is 5.86. The predicted octanol–water partition coefficient (Wildman–Crippen LogP) is 0.842. The summed E-state index contributed by atoms with van der Waals surface area (Å²) < 4.78 is 4.74. The minimum absolute atomic E-state index is 0.0836. The highest BCUT2D eigenvalue weighted by atomic mass is 16.5. The predicted molar refractivity (Wildman–Crippen MR) is 65.3 cm³/mol. The molecule has 0 bridgehead atoms. The van der Waals surface area contributed by atoms with E-state index in [1.807, 2.05) is 0 Å². The van der Waals surface area contributed by atoms with Crippen LogP contribution in [0.25, 0.3) is 0 Å². The Hall–Kier alpha value is -1.56. The van der Waals surface area contributed by atoms with Crippen molar-refractivity contribution in [2.75, 3.05) is 26.7 Å². The van der Waals surface area contributed by atoms with Crippen LogP contribution in [0.2, 0.25) is 0 Å². The van der Waals surface area contributed by atoms with Crippen LogP contribution in [0.15, 0.2) is 10.6 Å². The Morgan fingerprint density at radius 3 is 2.94 bits per heavy atom. The van der Waals surface area contributed by atoms with Gasteiger partial charge in [-0.2, -0.15) is 0 Å². The molecule has 0 spiro atoms. The molecule has 1 fully saturated rings. The van der Waals surface area contributed by atoms with Crippen LogP contribution < -0.4 is 5.32 Å². The lowest BCUT2D eigenvalue weighted by Gasteiger charge is -2.24. The fraction of sp³-hybridized carbons (Fsp3) is 0.667. The maximum absolute atomic E-state index is 11.9. The summed E-state index contributed by atoms with van der Waals surface area (Å²) in [5.41, 5.74) is 0. The number of piperidine rings is 1. The molecule has 1 amide bonds. The highest BCUT2D eigenvalue weighted by Crippen LogP contribution is 2.17. The van der Waals surface area contributed by atoms with Gasteiger partial charge in [-0.25, -0.2) is 0 Å². The Morgan fingerprint density at radius 1 is 1.61 bits per heavy atom. The summed E-state index contributed by atoms with van der Waals surface area (Å²) in [5, 5.41) is 15.7. The highest BCUT2D eigenvalue weighted by molar-refractivity contribution is 5.91. The van der Waals surface area contributed by atoms with Crippen molar-refractivity contribution in [3.8, 4) is 5.88 Å². The lowest BCUT2D eigenvalue weighted by molar-refractivity contribution is 0.0743. The number of carbonyl (C=O) groups excluding carboxylic acids is 1. The van der Waals surface area contributed by atoms with E-state index >= 15 is 0 Å². The topological polar surface area (TPSA) is 78.6 Å². The fourth-order valence-electron chi connectivity index (χ4n) is 2.20. The van der Waals surface area contributed by atoms with Gasteiger partial charge in [-0.3, -0.25) is 4.79 Å². The van der Waals surface area contributed by atoms with Gasteiger partial charge in [0.25, 0.3) is 11.8 Å². The lowest BCUT2D eigenvalue weighted by Crippen LogP contribution is -2.32. The van der Waals surface area contributed by atoms with Crippen molar-refractivity contribution in [3.05, 3.63) is 11.8 Å². The van der Waals surface area contributed by atoms with Crippen LogP contribution in [0.4, 0.5) is 0 Å². The van der Waals surface area contributed by atoms with E-state index in [4.69, 9.17) is 9.63 Å². The zero-order chi connectivity index (χ0) is 13.0. The molecule has 1 aromatic rings. The molecule has 100 valence electrons. The molecule has 0 saturated carbocycles. The summed E-state index contributed by atoms with van der Waals surface area (Å²) in [6.45, 7) is 2.83. The van der Waals surface area contributed by atoms with Gasteiger partial charge in [-0.1, -0.05) is 0 Å². The Balaban J connectivity index is 1.80. The van der Waals surface area contributed by atoms with E-state index in [1.54, 1.807) is 11.9 Å². The molecule has 0 radical (unpaired) electrons. The van der Waals surface area contributed by atoms with Crippen LogP contribution in [-0.4, -0.2) is 47.8 Å². The standard InChI is InChI=1S/C12H19N3O3/c1-15(7-4-9-2-5-13-6-3-9)12(17)10-8-11(16)14-18-10/h8-9,13H,2-7H2,1H3,(H,14,16). The van der Waals surface area contributed by atoms with Gasteiger partial charge in [0.1, 0.15) is 0 Å². The molecule has 0 atom stereocenters. The molecule has 2 heterocycles. The van der Waals surface area contributed by atoms with Gasteiger partial charge in [-0.05, 0) is 43.4 Å². The van der Waals surface area contributed by atoms with E-state index in [-0.39, 0.29) is 17.5 Å². The third kappa shape index (κ3) is 3.22. The van der Waals surface area contributed by atoms with Crippen molar-refractivity contribution in [1.29, 1.82) is 0 Å². The average Bonchev–Trinajstić information content (AvgIpc) is 2.83. The van der Waals surface area contributed by atoms with E-state index in [1.165, 1.54) is 18.9 Å². The van der Waals surface area contributed by atoms with Gasteiger partial charge < -0.3 is 19.8 Å². The average molecular weight is 253 g/mol. The number of rotatable bonds is 4. The first-order valence-electron chi connectivity index (χ1n) is 6.28. The van der Waals surface area contributed by atoms with Gasteiger partial charge >= 0.3 is 0 Å². The first kappa shape index (κ1) is 12.9. The molecular weight excluding hydrogens is 234 g/mol.